The zero-order valence-corrected chi connectivity index (χ0v) is 18.0. The molecule has 2 rings (SSSR count). The van der Waals surface area contributed by atoms with Crippen molar-refractivity contribution in [3.05, 3.63) is 24.0 Å². The predicted octanol–water partition coefficient (Wildman–Crippen LogP) is 4.22. The molecule has 25 heavy (non-hydrogen) atoms. The second-order valence-corrected chi connectivity index (χ2v) is 12.6. The normalized spacial score (nSPS) is 39.1. The average Bonchev–Trinajstić information content (AvgIpc) is 2.52. The van der Waals surface area contributed by atoms with E-state index in [0.29, 0.717) is 6.42 Å². The quantitative estimate of drug-likeness (QED) is 0.517. The lowest BCUT2D eigenvalue weighted by molar-refractivity contribution is -0.452. The molecule has 0 aromatic heterocycles. The molecule has 0 amide bonds. The van der Waals surface area contributed by atoms with Crippen molar-refractivity contribution < 1.29 is 23.4 Å². The van der Waals surface area contributed by atoms with E-state index in [1.165, 1.54) is 5.57 Å². The summed E-state index contributed by atoms with van der Waals surface area (Å²) in [6.45, 7) is 16.4. The zero-order valence-electron chi connectivity index (χ0n) is 17.0. The van der Waals surface area contributed by atoms with Gasteiger partial charge >= 0.3 is 0 Å². The Kier molecular flexibility index (Phi) is 5.91. The van der Waals surface area contributed by atoms with Gasteiger partial charge in [0.15, 0.2) is 0 Å². The molecule has 2 aliphatic rings. The molecule has 1 heterocycles. The summed E-state index contributed by atoms with van der Waals surface area (Å²) in [7, 11) is 1.51. The van der Waals surface area contributed by atoms with Gasteiger partial charge in [0, 0.05) is 26.6 Å². The molecule has 5 nitrogen and oxygen atoms in total. The van der Waals surface area contributed by atoms with E-state index in [-0.39, 0.29) is 18.1 Å². The summed E-state index contributed by atoms with van der Waals surface area (Å²) in [6.07, 6.45) is 3.15. The fourth-order valence-corrected chi connectivity index (χ4v) is 4.61. The molecule has 0 saturated carbocycles. The van der Waals surface area contributed by atoms with Gasteiger partial charge in [0.05, 0.1) is 18.0 Å². The van der Waals surface area contributed by atoms with Gasteiger partial charge in [0.2, 0.25) is 19.9 Å². The zero-order chi connectivity index (χ0) is 19.0. The first-order valence-electron chi connectivity index (χ1n) is 8.98. The highest BCUT2D eigenvalue weighted by Gasteiger charge is 2.59. The number of ether oxygens (including phenoxy) is 4. The van der Waals surface area contributed by atoms with Crippen molar-refractivity contribution in [1.29, 1.82) is 0 Å². The van der Waals surface area contributed by atoms with Gasteiger partial charge in [-0.2, -0.15) is 0 Å². The van der Waals surface area contributed by atoms with Crippen LogP contribution in [0, 0.1) is 5.92 Å². The Bertz CT molecular complexity index is 540. The average molecular weight is 371 g/mol. The standard InChI is InChI=1S/C19H34O5Si/c1-10-11-14-13(2)17-16(12-15(14)24-25(7,8)9)22-18(3,20-5)19(4,21-6)23-17/h10,13,16-17H,1,11-12H2,2-9H3/t13-,16+,17+,18-,19-/m0/s1. The summed E-state index contributed by atoms with van der Waals surface area (Å²) in [4.78, 5) is 0. The van der Waals surface area contributed by atoms with Gasteiger partial charge in [-0.05, 0) is 45.5 Å². The summed E-state index contributed by atoms with van der Waals surface area (Å²) in [5, 5.41) is 0. The molecule has 6 heteroatoms. The molecule has 0 aromatic carbocycles. The van der Waals surface area contributed by atoms with Crippen LogP contribution in [0.25, 0.3) is 0 Å². The maximum Gasteiger partial charge on any atom is 0.241 e. The minimum absolute atomic E-state index is 0.114. The van der Waals surface area contributed by atoms with Crippen LogP contribution in [0.2, 0.25) is 19.6 Å². The molecule has 1 aliphatic heterocycles. The fraction of sp³-hybridized carbons (Fsp3) is 0.789. The molecule has 1 aliphatic carbocycles. The lowest BCUT2D eigenvalue weighted by atomic mass is 9.80. The molecule has 1 fully saturated rings. The van der Waals surface area contributed by atoms with Crippen LogP contribution < -0.4 is 0 Å². The second-order valence-electron chi connectivity index (χ2n) is 8.19. The molecular formula is C19H34O5Si. The Morgan fingerprint density at radius 3 is 2.20 bits per heavy atom. The fourth-order valence-electron chi connectivity index (χ4n) is 3.65. The Morgan fingerprint density at radius 2 is 1.72 bits per heavy atom. The van der Waals surface area contributed by atoms with Crippen LogP contribution >= 0.6 is 0 Å². The van der Waals surface area contributed by atoms with E-state index in [9.17, 15) is 0 Å². The molecule has 0 bridgehead atoms. The number of methoxy groups -OCH3 is 2. The van der Waals surface area contributed by atoms with Gasteiger partial charge in [0.1, 0.15) is 0 Å². The van der Waals surface area contributed by atoms with Crippen LogP contribution in [-0.4, -0.2) is 46.3 Å². The first kappa shape index (κ1) is 20.6. The molecule has 0 N–H and O–H groups in total. The molecule has 144 valence electrons. The summed E-state index contributed by atoms with van der Waals surface area (Å²) in [5.74, 6) is -0.772. The lowest BCUT2D eigenvalue weighted by Crippen LogP contribution is -2.67. The number of hydrogen-bond donors (Lipinski definition) is 0. The smallest absolute Gasteiger partial charge is 0.241 e. The maximum absolute atomic E-state index is 6.42. The first-order valence-corrected chi connectivity index (χ1v) is 12.4. The summed E-state index contributed by atoms with van der Waals surface area (Å²) >= 11 is 0. The third kappa shape index (κ3) is 3.88. The largest absolute Gasteiger partial charge is 0.547 e. The van der Waals surface area contributed by atoms with Crippen LogP contribution in [-0.2, 0) is 23.4 Å². The van der Waals surface area contributed by atoms with E-state index < -0.39 is 19.9 Å². The van der Waals surface area contributed by atoms with Crippen molar-refractivity contribution in [1.82, 2.24) is 0 Å². The molecule has 0 unspecified atom stereocenters. The monoisotopic (exact) mass is 370 g/mol. The molecular weight excluding hydrogens is 336 g/mol. The highest BCUT2D eigenvalue weighted by Crippen LogP contribution is 2.47. The third-order valence-electron chi connectivity index (χ3n) is 5.29. The minimum atomic E-state index is -1.73. The van der Waals surface area contributed by atoms with Gasteiger partial charge in [-0.15, -0.1) is 6.58 Å². The Labute approximate surface area is 153 Å². The van der Waals surface area contributed by atoms with Gasteiger partial charge in [-0.3, -0.25) is 0 Å². The van der Waals surface area contributed by atoms with Gasteiger partial charge in [-0.1, -0.05) is 13.0 Å². The Morgan fingerprint density at radius 1 is 1.16 bits per heavy atom. The number of hydrogen-bond acceptors (Lipinski definition) is 5. The maximum atomic E-state index is 6.42. The lowest BCUT2D eigenvalue weighted by Gasteiger charge is -2.55. The third-order valence-corrected chi connectivity index (χ3v) is 6.15. The minimum Gasteiger partial charge on any atom is -0.547 e. The Balaban J connectivity index is 2.41. The van der Waals surface area contributed by atoms with Crippen LogP contribution in [0.4, 0.5) is 0 Å². The van der Waals surface area contributed by atoms with Crippen molar-refractivity contribution in [2.75, 3.05) is 14.2 Å². The van der Waals surface area contributed by atoms with Gasteiger partial charge < -0.3 is 23.4 Å². The summed E-state index contributed by atoms with van der Waals surface area (Å²) in [5.41, 5.74) is 1.25. The summed E-state index contributed by atoms with van der Waals surface area (Å²) < 4.78 is 30.5. The molecule has 0 aromatic rings. The number of rotatable bonds is 6. The van der Waals surface area contributed by atoms with Crippen LogP contribution in [0.3, 0.4) is 0 Å². The molecule has 0 spiro atoms. The Hall–Kier alpha value is -0.663. The highest BCUT2D eigenvalue weighted by atomic mass is 28.4. The van der Waals surface area contributed by atoms with Crippen molar-refractivity contribution in [2.24, 2.45) is 5.92 Å². The summed E-state index contributed by atoms with van der Waals surface area (Å²) in [6, 6.07) is 0. The first-order chi connectivity index (χ1) is 11.5. The van der Waals surface area contributed by atoms with Crippen molar-refractivity contribution in [3.8, 4) is 0 Å². The van der Waals surface area contributed by atoms with Crippen LogP contribution in [0.1, 0.15) is 33.6 Å². The van der Waals surface area contributed by atoms with Gasteiger partial charge in [-0.25, -0.2) is 0 Å². The van der Waals surface area contributed by atoms with E-state index in [0.717, 1.165) is 12.2 Å². The van der Waals surface area contributed by atoms with Gasteiger partial charge in [0.25, 0.3) is 0 Å². The number of allylic oxidation sites excluding steroid dienone is 1. The highest BCUT2D eigenvalue weighted by molar-refractivity contribution is 6.70. The van der Waals surface area contributed by atoms with E-state index in [4.69, 9.17) is 23.4 Å². The van der Waals surface area contributed by atoms with E-state index >= 15 is 0 Å². The van der Waals surface area contributed by atoms with Crippen molar-refractivity contribution >= 4 is 8.32 Å². The van der Waals surface area contributed by atoms with E-state index in [1.54, 1.807) is 14.2 Å². The molecule has 0 radical (unpaired) electrons. The SMILES string of the molecule is C=CCC1=C(O[Si](C)(C)C)C[C@H]2O[C@](C)(OC)[C@@](C)(OC)O[C@@H]2[C@H]1C. The van der Waals surface area contributed by atoms with Crippen molar-refractivity contribution in [3.63, 3.8) is 0 Å². The topological polar surface area (TPSA) is 46.2 Å². The van der Waals surface area contributed by atoms with Crippen LogP contribution in [0.15, 0.2) is 24.0 Å². The molecule has 1 saturated heterocycles. The van der Waals surface area contributed by atoms with E-state index in [1.807, 2.05) is 19.9 Å². The van der Waals surface area contributed by atoms with Crippen molar-refractivity contribution in [2.45, 2.75) is 77.0 Å². The number of fused-ring (bicyclic) bond motifs is 1. The van der Waals surface area contributed by atoms with E-state index in [2.05, 4.69) is 33.1 Å². The molecule has 5 atom stereocenters. The van der Waals surface area contributed by atoms with Crippen LogP contribution in [0.5, 0.6) is 0 Å². The second kappa shape index (κ2) is 7.16. The predicted molar refractivity (Wildman–Crippen MR) is 101 cm³/mol.